The van der Waals surface area contributed by atoms with E-state index in [0.29, 0.717) is 0 Å². The van der Waals surface area contributed by atoms with Gasteiger partial charge in [-0.05, 0) is 0 Å². The summed E-state index contributed by atoms with van der Waals surface area (Å²) in [5.74, 6) is 0. The molecule has 0 atom stereocenters. The molecule has 0 saturated carbocycles. The van der Waals surface area contributed by atoms with E-state index in [1.807, 2.05) is 0 Å². The van der Waals surface area contributed by atoms with Gasteiger partial charge in [0.25, 0.3) is 5.09 Å². The molecule has 0 aliphatic carbocycles. The van der Waals surface area contributed by atoms with Crippen LogP contribution in [0.4, 0.5) is 0 Å². The minimum atomic E-state index is -1.75. The molecule has 0 rings (SSSR count). The third-order valence-electron chi connectivity index (χ3n) is 0. The summed E-state index contributed by atoms with van der Waals surface area (Å²) in [4.78, 5) is 16.6. The van der Waals surface area contributed by atoms with Gasteiger partial charge in [0.05, 0.1) is 5.09 Å². The van der Waals surface area contributed by atoms with Gasteiger partial charge in [-0.2, -0.15) is 0 Å². The average Bonchev–Trinajstić information content (AvgIpc) is 1.25. The van der Waals surface area contributed by atoms with E-state index in [-0.39, 0.29) is 29.2 Å². The topological polar surface area (TPSA) is 130 Å². The molecule has 8 nitrogen and oxygen atoms in total. The zero-order chi connectivity index (χ0) is 7.15. The van der Waals surface area contributed by atoms with Crippen LogP contribution in [0.5, 0.6) is 0 Å². The van der Waals surface area contributed by atoms with Crippen molar-refractivity contribution in [1.82, 2.24) is 0 Å². The minimum Gasteiger partial charge on any atom is -0.356 e. The summed E-state index contributed by atoms with van der Waals surface area (Å²) in [5, 5.41) is 28.4. The van der Waals surface area contributed by atoms with Gasteiger partial charge >= 0.3 is 0 Å². The number of rotatable bonds is 0. The molecule has 0 aromatic heterocycles. The van der Waals surface area contributed by atoms with Crippen LogP contribution in [-0.4, -0.2) is 15.4 Å². The predicted octanol–water partition coefficient (Wildman–Crippen LogP) is -0.587. The summed E-state index contributed by atoms with van der Waals surface area (Å²) in [6, 6.07) is 0. The molecule has 0 unspecified atom stereocenters. The molecule has 0 radical (unpaired) electrons. The Hall–Kier alpha value is -0.613. The fourth-order valence-electron chi connectivity index (χ4n) is 0. The number of hydrogen-bond donors (Lipinski definition) is 1. The maximum Gasteiger partial charge on any atom is 0.291 e. The van der Waals surface area contributed by atoms with Crippen molar-refractivity contribution in [1.29, 1.82) is 0 Å². The molecule has 9 heteroatoms. The zero-order valence-corrected chi connectivity index (χ0v) is 7.19. The smallest absolute Gasteiger partial charge is 0.291 e. The normalized spacial score (nSPS) is 5.33. The largest absolute Gasteiger partial charge is 0.356 e. The monoisotopic (exact) mass is 363 g/mol. The second kappa shape index (κ2) is 10.4. The van der Waals surface area contributed by atoms with E-state index in [1.54, 1.807) is 0 Å². The van der Waals surface area contributed by atoms with Gasteiger partial charge in [-0.3, -0.25) is 0 Å². The molecule has 9 heavy (non-hydrogen) atoms. The molecule has 0 aromatic carbocycles. The van der Waals surface area contributed by atoms with Crippen molar-refractivity contribution in [3.8, 4) is 0 Å². The molecule has 0 aliphatic rings. The van der Waals surface area contributed by atoms with Crippen molar-refractivity contribution < 1.29 is 44.6 Å². The van der Waals surface area contributed by atoms with Gasteiger partial charge in [0.2, 0.25) is 0 Å². The van der Waals surface area contributed by atoms with Crippen molar-refractivity contribution >= 4 is 0 Å². The Labute approximate surface area is 70.2 Å². The Bertz CT molecular complexity index is 69.1. The average molecular weight is 369 g/mol. The molecule has 0 heterocycles. The summed E-state index contributed by atoms with van der Waals surface area (Å²) in [5.41, 5.74) is 0. The van der Waals surface area contributed by atoms with Crippen LogP contribution < -0.4 is 0 Å². The first-order valence-electron chi connectivity index (χ1n) is 1.11. The molecule has 0 bridgehead atoms. The molecule has 1 N–H and O–H groups in total. The second-order valence-corrected chi connectivity index (χ2v) is 0.461. The molecular formula is HN2O6Pu-. The Morgan fingerprint density at radius 2 is 1.11 bits per heavy atom. The fraction of sp³-hybridized carbons (Fsp3) is 0. The van der Waals surface area contributed by atoms with Gasteiger partial charge < -0.3 is 20.5 Å². The molecule has 0 saturated heterocycles. The van der Waals surface area contributed by atoms with E-state index in [2.05, 4.69) is 0 Å². The summed E-state index contributed by atoms with van der Waals surface area (Å²) in [7, 11) is 0. The van der Waals surface area contributed by atoms with Crippen LogP contribution >= 0.6 is 0 Å². The van der Waals surface area contributed by atoms with Crippen molar-refractivity contribution in [2.75, 3.05) is 0 Å². The van der Waals surface area contributed by atoms with Crippen LogP contribution in [0.1, 0.15) is 0 Å². The Morgan fingerprint density at radius 1 is 1.11 bits per heavy atom. The van der Waals surface area contributed by atoms with Crippen molar-refractivity contribution in [2.24, 2.45) is 0 Å². The molecule has 0 fully saturated rings. The Balaban J connectivity index is -0.0000000720. The van der Waals surface area contributed by atoms with E-state index in [0.717, 1.165) is 0 Å². The van der Waals surface area contributed by atoms with Crippen LogP contribution in [0.3, 0.4) is 0 Å². The molecule has 0 aromatic rings. The first kappa shape index (κ1) is 15.8. The van der Waals surface area contributed by atoms with E-state index >= 15 is 0 Å². The number of nitrogens with zero attached hydrogens (tertiary/aromatic N) is 2. The predicted molar refractivity (Wildman–Crippen MR) is 19.1 cm³/mol. The van der Waals surface area contributed by atoms with Crippen molar-refractivity contribution in [2.45, 2.75) is 0 Å². The van der Waals surface area contributed by atoms with Crippen molar-refractivity contribution in [3.05, 3.63) is 25.4 Å². The standard InChI is InChI=1S/HNO3.NO3.Pu/c2*2-1(3)4;/h(H,2,3,4);;/q;-1;. The summed E-state index contributed by atoms with van der Waals surface area (Å²) in [6.45, 7) is 0. The van der Waals surface area contributed by atoms with Gasteiger partial charge in [0.1, 0.15) is 0 Å². The van der Waals surface area contributed by atoms with E-state index in [1.165, 1.54) is 0 Å². The van der Waals surface area contributed by atoms with E-state index in [9.17, 15) is 0 Å². The van der Waals surface area contributed by atoms with Gasteiger partial charge in [0, 0.05) is 29.2 Å². The third kappa shape index (κ3) is 571. The zero-order valence-electron chi connectivity index (χ0n) is 3.79. The molecule has 0 spiro atoms. The molecule has 0 aliphatic heterocycles. The Morgan fingerprint density at radius 3 is 1.11 bits per heavy atom. The van der Waals surface area contributed by atoms with Gasteiger partial charge in [-0.25, -0.2) is 0 Å². The van der Waals surface area contributed by atoms with Crippen LogP contribution in [0.25, 0.3) is 0 Å². The summed E-state index contributed by atoms with van der Waals surface area (Å²) < 4.78 is 0. The Kier molecular flexibility index (Phi) is 18.2. The first-order chi connectivity index (χ1) is 3.46. The molecule has 0 amide bonds. The number of hydrogen-bond acceptors (Lipinski definition) is 5. The van der Waals surface area contributed by atoms with Crippen LogP contribution in [0, 0.1) is 54.6 Å². The SMILES string of the molecule is O=[N+]([O-])O.O=[N+]([O-])[O-].[Pu]. The van der Waals surface area contributed by atoms with Gasteiger partial charge in [0.15, 0.2) is 0 Å². The quantitative estimate of drug-likeness (QED) is 0.449. The van der Waals surface area contributed by atoms with Crippen molar-refractivity contribution in [3.63, 3.8) is 0 Å². The maximum atomic E-state index is 8.36. The third-order valence-corrected chi connectivity index (χ3v) is 0. The van der Waals surface area contributed by atoms with Crippen LogP contribution in [-0.2, 0) is 0 Å². The van der Waals surface area contributed by atoms with Crippen LogP contribution in [0.15, 0.2) is 0 Å². The molecule has 54 valence electrons. The van der Waals surface area contributed by atoms with Gasteiger partial charge in [-0.1, -0.05) is 0 Å². The summed E-state index contributed by atoms with van der Waals surface area (Å²) in [6.07, 6.45) is 0. The maximum absolute atomic E-state index is 8.36. The van der Waals surface area contributed by atoms with Gasteiger partial charge in [-0.15, -0.1) is 10.1 Å². The minimum absolute atomic E-state index is 0. The van der Waals surface area contributed by atoms with Crippen LogP contribution in [0.2, 0.25) is 0 Å². The molecular weight excluding hydrogens is 368 g/mol. The fourth-order valence-corrected chi connectivity index (χ4v) is 0. The second-order valence-electron chi connectivity index (χ2n) is 0.461. The van der Waals surface area contributed by atoms with E-state index in [4.69, 9.17) is 30.6 Å². The first-order valence-corrected chi connectivity index (χ1v) is 1.11. The van der Waals surface area contributed by atoms with E-state index < -0.39 is 10.2 Å². The summed E-state index contributed by atoms with van der Waals surface area (Å²) >= 11 is 0.